The van der Waals surface area contributed by atoms with E-state index in [0.717, 1.165) is 51.4 Å². The number of cyclic esters (lactones) is 1. The standard InChI is InChI=1S/C22H42O6/c1-5-9-13-24-17-18-19(25-14-10-6-2)20(26-15-11-7-3)21(22(23)28-18)27-16-12-8-4/h18-21H,5-17H2,1-4H3/t18?,19-,20?,21-/m1/s1. The van der Waals surface area contributed by atoms with E-state index in [-0.39, 0.29) is 12.1 Å². The molecule has 0 saturated carbocycles. The maximum atomic E-state index is 12.7. The van der Waals surface area contributed by atoms with Gasteiger partial charge in [-0.05, 0) is 25.7 Å². The monoisotopic (exact) mass is 402 g/mol. The highest BCUT2D eigenvalue weighted by Gasteiger charge is 2.48. The minimum atomic E-state index is -0.734. The maximum absolute atomic E-state index is 12.7. The lowest BCUT2D eigenvalue weighted by Gasteiger charge is -2.41. The Kier molecular flexibility index (Phi) is 14.6. The highest BCUT2D eigenvalue weighted by Crippen LogP contribution is 2.26. The maximum Gasteiger partial charge on any atom is 0.338 e. The van der Waals surface area contributed by atoms with Crippen LogP contribution in [-0.2, 0) is 28.5 Å². The summed E-state index contributed by atoms with van der Waals surface area (Å²) < 4.78 is 29.6. The molecule has 6 nitrogen and oxygen atoms in total. The molecule has 1 aliphatic rings. The first-order valence-corrected chi connectivity index (χ1v) is 11.3. The molecule has 0 aromatic rings. The zero-order valence-corrected chi connectivity index (χ0v) is 18.5. The summed E-state index contributed by atoms with van der Waals surface area (Å²) in [5.74, 6) is -0.364. The van der Waals surface area contributed by atoms with E-state index in [2.05, 4.69) is 27.7 Å². The molecule has 0 aromatic carbocycles. The van der Waals surface area contributed by atoms with E-state index >= 15 is 0 Å². The predicted molar refractivity (Wildman–Crippen MR) is 110 cm³/mol. The summed E-state index contributed by atoms with van der Waals surface area (Å²) in [5, 5.41) is 0. The Labute approximate surface area is 171 Å². The molecule has 0 radical (unpaired) electrons. The van der Waals surface area contributed by atoms with Crippen molar-refractivity contribution in [3.05, 3.63) is 0 Å². The van der Waals surface area contributed by atoms with E-state index in [4.69, 9.17) is 23.7 Å². The van der Waals surface area contributed by atoms with Crippen molar-refractivity contribution in [3.63, 3.8) is 0 Å². The second-order valence-corrected chi connectivity index (χ2v) is 7.43. The number of hydrogen-bond acceptors (Lipinski definition) is 6. The van der Waals surface area contributed by atoms with Crippen molar-refractivity contribution in [1.29, 1.82) is 0 Å². The van der Waals surface area contributed by atoms with Gasteiger partial charge in [-0.3, -0.25) is 0 Å². The van der Waals surface area contributed by atoms with Crippen molar-refractivity contribution < 1.29 is 28.5 Å². The van der Waals surface area contributed by atoms with E-state index < -0.39 is 18.3 Å². The molecule has 28 heavy (non-hydrogen) atoms. The molecule has 1 aliphatic heterocycles. The molecule has 6 heteroatoms. The average molecular weight is 403 g/mol. The molecule has 1 fully saturated rings. The lowest BCUT2D eigenvalue weighted by molar-refractivity contribution is -0.233. The normalized spacial score (nSPS) is 25.1. The quantitative estimate of drug-likeness (QED) is 0.267. The van der Waals surface area contributed by atoms with Gasteiger partial charge in [0.05, 0.1) is 6.61 Å². The van der Waals surface area contributed by atoms with Crippen molar-refractivity contribution >= 4 is 5.97 Å². The smallest absolute Gasteiger partial charge is 0.338 e. The fourth-order valence-corrected chi connectivity index (χ4v) is 3.01. The lowest BCUT2D eigenvalue weighted by atomic mass is 9.98. The largest absolute Gasteiger partial charge is 0.455 e. The minimum absolute atomic E-state index is 0.331. The van der Waals surface area contributed by atoms with Crippen LogP contribution in [0.4, 0.5) is 0 Å². The second-order valence-electron chi connectivity index (χ2n) is 7.43. The third-order valence-corrected chi connectivity index (χ3v) is 4.82. The van der Waals surface area contributed by atoms with Crippen LogP contribution in [0.5, 0.6) is 0 Å². The van der Waals surface area contributed by atoms with Gasteiger partial charge in [0.1, 0.15) is 12.2 Å². The fraction of sp³-hybridized carbons (Fsp3) is 0.955. The highest BCUT2D eigenvalue weighted by molar-refractivity contribution is 5.77. The van der Waals surface area contributed by atoms with Crippen LogP contribution in [0.2, 0.25) is 0 Å². The Morgan fingerprint density at radius 2 is 1.21 bits per heavy atom. The minimum Gasteiger partial charge on any atom is -0.455 e. The molecular formula is C22H42O6. The number of unbranched alkanes of at least 4 members (excludes halogenated alkanes) is 4. The van der Waals surface area contributed by atoms with Gasteiger partial charge in [0.15, 0.2) is 12.2 Å². The fourth-order valence-electron chi connectivity index (χ4n) is 3.01. The first-order valence-electron chi connectivity index (χ1n) is 11.3. The highest BCUT2D eigenvalue weighted by atomic mass is 16.6. The molecule has 1 heterocycles. The van der Waals surface area contributed by atoms with E-state index in [9.17, 15) is 4.79 Å². The molecule has 1 rings (SSSR count). The zero-order chi connectivity index (χ0) is 20.6. The summed E-state index contributed by atoms with van der Waals surface area (Å²) in [7, 11) is 0. The summed E-state index contributed by atoms with van der Waals surface area (Å²) in [6.45, 7) is 11.2. The molecule has 0 aromatic heterocycles. The molecule has 1 saturated heterocycles. The molecule has 0 spiro atoms. The molecule has 0 aliphatic carbocycles. The second kappa shape index (κ2) is 16.1. The molecule has 0 N–H and O–H groups in total. The van der Waals surface area contributed by atoms with Crippen molar-refractivity contribution in [2.45, 2.75) is 103 Å². The van der Waals surface area contributed by atoms with E-state index in [1.54, 1.807) is 0 Å². The van der Waals surface area contributed by atoms with Gasteiger partial charge in [0, 0.05) is 26.4 Å². The average Bonchev–Trinajstić information content (AvgIpc) is 2.69. The number of esters is 1. The van der Waals surface area contributed by atoms with Gasteiger partial charge in [-0.15, -0.1) is 0 Å². The Balaban J connectivity index is 2.86. The number of rotatable bonds is 17. The Morgan fingerprint density at radius 1 is 0.714 bits per heavy atom. The van der Waals surface area contributed by atoms with Crippen LogP contribution < -0.4 is 0 Å². The summed E-state index contributed by atoms with van der Waals surface area (Å²) in [4.78, 5) is 12.7. The van der Waals surface area contributed by atoms with Crippen LogP contribution in [0.1, 0.15) is 79.1 Å². The Bertz CT molecular complexity index is 389. The van der Waals surface area contributed by atoms with Crippen LogP contribution >= 0.6 is 0 Å². The zero-order valence-electron chi connectivity index (χ0n) is 18.5. The van der Waals surface area contributed by atoms with E-state index in [1.807, 2.05) is 0 Å². The van der Waals surface area contributed by atoms with Gasteiger partial charge in [0.25, 0.3) is 0 Å². The van der Waals surface area contributed by atoms with Gasteiger partial charge in [-0.25, -0.2) is 4.79 Å². The molecule has 166 valence electrons. The van der Waals surface area contributed by atoms with Crippen molar-refractivity contribution in [2.75, 3.05) is 33.0 Å². The molecule has 2 unspecified atom stereocenters. The summed E-state index contributed by atoms with van der Waals surface area (Å²) in [5.41, 5.74) is 0. The van der Waals surface area contributed by atoms with Gasteiger partial charge < -0.3 is 23.7 Å². The van der Waals surface area contributed by atoms with Gasteiger partial charge in [-0.2, -0.15) is 0 Å². The topological polar surface area (TPSA) is 63.2 Å². The number of hydrogen-bond donors (Lipinski definition) is 0. The first-order chi connectivity index (χ1) is 13.7. The Morgan fingerprint density at radius 3 is 1.79 bits per heavy atom. The number of carbonyl (C=O) groups is 1. The summed E-state index contributed by atoms with van der Waals surface area (Å²) >= 11 is 0. The predicted octanol–water partition coefficient (Wildman–Crippen LogP) is 4.28. The molecule has 0 bridgehead atoms. The van der Waals surface area contributed by atoms with Crippen LogP contribution in [0, 0.1) is 0 Å². The SMILES string of the molecule is CCCCOCC1OC(=O)[C@H](OCCCC)C(OCCCC)[C@@H]1OCCCC. The lowest BCUT2D eigenvalue weighted by Crippen LogP contribution is -2.60. The summed E-state index contributed by atoms with van der Waals surface area (Å²) in [6.07, 6.45) is 5.91. The molecular weight excluding hydrogens is 360 g/mol. The third kappa shape index (κ3) is 9.21. The van der Waals surface area contributed by atoms with Gasteiger partial charge in [0.2, 0.25) is 0 Å². The van der Waals surface area contributed by atoms with Crippen LogP contribution in [-0.4, -0.2) is 63.4 Å². The van der Waals surface area contributed by atoms with Crippen molar-refractivity contribution in [3.8, 4) is 0 Å². The van der Waals surface area contributed by atoms with Crippen LogP contribution in [0.3, 0.4) is 0 Å². The molecule has 0 amide bonds. The van der Waals surface area contributed by atoms with Crippen molar-refractivity contribution in [2.24, 2.45) is 0 Å². The van der Waals surface area contributed by atoms with Crippen LogP contribution in [0.25, 0.3) is 0 Å². The third-order valence-electron chi connectivity index (χ3n) is 4.82. The van der Waals surface area contributed by atoms with Crippen LogP contribution in [0.15, 0.2) is 0 Å². The van der Waals surface area contributed by atoms with Gasteiger partial charge in [-0.1, -0.05) is 53.4 Å². The van der Waals surface area contributed by atoms with Crippen molar-refractivity contribution in [1.82, 2.24) is 0 Å². The Hall–Kier alpha value is -0.690. The van der Waals surface area contributed by atoms with E-state index in [1.165, 1.54) is 0 Å². The van der Waals surface area contributed by atoms with E-state index in [0.29, 0.717) is 33.0 Å². The number of carbonyl (C=O) groups excluding carboxylic acids is 1. The number of ether oxygens (including phenoxy) is 5. The first kappa shape index (κ1) is 25.3. The molecule has 4 atom stereocenters. The summed E-state index contributed by atoms with van der Waals surface area (Å²) in [6, 6.07) is 0. The van der Waals surface area contributed by atoms with Gasteiger partial charge >= 0.3 is 5.97 Å².